The molecular weight excluding hydrogens is 320 g/mol. The second kappa shape index (κ2) is 11.7. The molecule has 1 nitrogen and oxygen atoms in total. The molecule has 0 fully saturated rings. The number of allylic oxidation sites excluding steroid dienone is 1. The molecule has 0 amide bonds. The minimum Gasteiger partial charge on any atom is -0.406 e. The summed E-state index contributed by atoms with van der Waals surface area (Å²) < 4.78 is 7.04. The summed E-state index contributed by atoms with van der Waals surface area (Å²) in [4.78, 5) is 0. The molecule has 0 aliphatic heterocycles. The van der Waals surface area contributed by atoms with Gasteiger partial charge in [-0.3, -0.25) is 0 Å². The molecule has 1 aromatic carbocycles. The van der Waals surface area contributed by atoms with Gasteiger partial charge in [0.15, 0.2) is 8.32 Å². The third-order valence-electron chi connectivity index (χ3n) is 5.53. The Morgan fingerprint density at radius 3 is 2.04 bits per heavy atom. The van der Waals surface area contributed by atoms with Crippen LogP contribution in [0, 0.1) is 6.92 Å². The molecule has 0 saturated carbocycles. The summed E-state index contributed by atoms with van der Waals surface area (Å²) in [5, 5.41) is 0. The highest BCUT2D eigenvalue weighted by molar-refractivity contribution is 6.73. The Balaban J connectivity index is 3.25. The van der Waals surface area contributed by atoms with Crippen molar-refractivity contribution in [2.45, 2.75) is 97.9 Å². The average molecular weight is 361 g/mol. The number of hydrogen-bond acceptors (Lipinski definition) is 1. The molecule has 0 radical (unpaired) electrons. The minimum absolute atomic E-state index is 0.158. The molecule has 0 bridgehead atoms. The Morgan fingerprint density at radius 2 is 1.56 bits per heavy atom. The first-order valence-corrected chi connectivity index (χ1v) is 13.0. The summed E-state index contributed by atoms with van der Waals surface area (Å²) in [7, 11) is -1.66. The minimum atomic E-state index is -1.66. The Labute approximate surface area is 158 Å². The zero-order chi connectivity index (χ0) is 18.7. The average Bonchev–Trinajstić information content (AvgIpc) is 2.65. The topological polar surface area (TPSA) is 9.23 Å². The monoisotopic (exact) mass is 360 g/mol. The van der Waals surface area contributed by atoms with Gasteiger partial charge >= 0.3 is 0 Å². The van der Waals surface area contributed by atoms with Crippen LogP contribution in [0.1, 0.15) is 84.0 Å². The van der Waals surface area contributed by atoms with E-state index in [1.54, 1.807) is 0 Å². The van der Waals surface area contributed by atoms with Crippen LogP contribution in [0.4, 0.5) is 0 Å². The van der Waals surface area contributed by atoms with E-state index in [1.165, 1.54) is 54.1 Å². The second-order valence-electron chi connectivity index (χ2n) is 7.32. The van der Waals surface area contributed by atoms with Gasteiger partial charge in [-0.2, -0.15) is 0 Å². The fourth-order valence-electron chi connectivity index (χ4n) is 3.40. The molecule has 1 atom stereocenters. The van der Waals surface area contributed by atoms with Crippen LogP contribution >= 0.6 is 0 Å². The van der Waals surface area contributed by atoms with E-state index in [0.29, 0.717) is 0 Å². The Kier molecular flexibility index (Phi) is 10.4. The van der Waals surface area contributed by atoms with Gasteiger partial charge in [0.25, 0.3) is 0 Å². The molecule has 1 aromatic rings. The lowest BCUT2D eigenvalue weighted by Gasteiger charge is -2.35. The van der Waals surface area contributed by atoms with E-state index >= 15 is 0 Å². The van der Waals surface area contributed by atoms with Gasteiger partial charge < -0.3 is 4.43 Å². The Hall–Kier alpha value is -0.863. The summed E-state index contributed by atoms with van der Waals surface area (Å²) in [6, 6.07) is 12.6. The first-order valence-electron chi connectivity index (χ1n) is 10.5. The lowest BCUT2D eigenvalue weighted by Crippen LogP contribution is -2.37. The third-order valence-corrected chi connectivity index (χ3v) is 10.1. The fourth-order valence-corrected chi connectivity index (χ4v) is 6.19. The van der Waals surface area contributed by atoms with E-state index in [-0.39, 0.29) is 6.10 Å². The Morgan fingerprint density at radius 1 is 0.960 bits per heavy atom. The molecule has 1 rings (SSSR count). The lowest BCUT2D eigenvalue weighted by atomic mass is 9.95. The number of aryl methyl sites for hydroxylation is 1. The molecule has 0 aliphatic rings. The van der Waals surface area contributed by atoms with Crippen molar-refractivity contribution in [2.24, 2.45) is 0 Å². The molecule has 0 aliphatic carbocycles. The molecule has 2 heteroatoms. The van der Waals surface area contributed by atoms with E-state index in [2.05, 4.69) is 71.9 Å². The van der Waals surface area contributed by atoms with Gasteiger partial charge in [0, 0.05) is 0 Å². The molecule has 0 aromatic heterocycles. The largest absolute Gasteiger partial charge is 0.406 e. The number of rotatable bonds is 12. The van der Waals surface area contributed by atoms with Crippen LogP contribution in [-0.4, -0.2) is 8.32 Å². The smallest absolute Gasteiger partial charge is 0.193 e. The van der Waals surface area contributed by atoms with Crippen molar-refractivity contribution >= 4 is 8.32 Å². The highest BCUT2D eigenvalue weighted by Gasteiger charge is 2.33. The number of benzene rings is 1. The van der Waals surface area contributed by atoms with Crippen molar-refractivity contribution < 1.29 is 4.43 Å². The van der Waals surface area contributed by atoms with Gasteiger partial charge in [-0.15, -0.1) is 0 Å². The Bertz CT molecular complexity index is 491. The predicted octanol–water partition coefficient (Wildman–Crippen LogP) is 7.97. The molecule has 0 saturated heterocycles. The van der Waals surface area contributed by atoms with Crippen LogP contribution in [0.5, 0.6) is 0 Å². The summed E-state index contributed by atoms with van der Waals surface area (Å²) in [6.07, 6.45) is 8.64. The first kappa shape index (κ1) is 22.2. The fraction of sp³-hybridized carbons (Fsp3) is 0.652. The second-order valence-corrected chi connectivity index (χ2v) is 12.0. The highest BCUT2D eigenvalue weighted by atomic mass is 28.4. The van der Waals surface area contributed by atoms with Gasteiger partial charge in [0.2, 0.25) is 0 Å². The lowest BCUT2D eigenvalue weighted by molar-refractivity contribution is 0.220. The van der Waals surface area contributed by atoms with Crippen molar-refractivity contribution in [2.75, 3.05) is 0 Å². The number of unbranched alkanes of at least 4 members (excludes halogenated alkanes) is 2. The van der Waals surface area contributed by atoms with E-state index in [0.717, 1.165) is 12.8 Å². The van der Waals surface area contributed by atoms with E-state index < -0.39 is 8.32 Å². The summed E-state index contributed by atoms with van der Waals surface area (Å²) in [6.45, 7) is 13.7. The normalized spacial score (nSPS) is 13.9. The molecule has 0 N–H and O–H groups in total. The summed E-state index contributed by atoms with van der Waals surface area (Å²) in [5.41, 5.74) is 4.18. The van der Waals surface area contributed by atoms with Gasteiger partial charge in [-0.1, -0.05) is 83.4 Å². The van der Waals surface area contributed by atoms with Crippen molar-refractivity contribution in [3.05, 3.63) is 47.0 Å². The maximum atomic E-state index is 7.04. The number of hydrogen-bond donors (Lipinski definition) is 0. The SMILES string of the molecule is CCC/C=C(/CCCC)C(O[Si](CC)(CC)CC)c1ccc(C)cc1. The van der Waals surface area contributed by atoms with Crippen molar-refractivity contribution in [3.8, 4) is 0 Å². The molecule has 1 unspecified atom stereocenters. The molecule has 25 heavy (non-hydrogen) atoms. The summed E-state index contributed by atoms with van der Waals surface area (Å²) in [5.74, 6) is 0. The first-order chi connectivity index (χ1) is 12.1. The van der Waals surface area contributed by atoms with E-state index in [1.807, 2.05) is 0 Å². The third kappa shape index (κ3) is 6.75. The molecule has 142 valence electrons. The maximum absolute atomic E-state index is 7.04. The summed E-state index contributed by atoms with van der Waals surface area (Å²) >= 11 is 0. The quantitative estimate of drug-likeness (QED) is 0.271. The predicted molar refractivity (Wildman–Crippen MR) is 115 cm³/mol. The zero-order valence-electron chi connectivity index (χ0n) is 17.5. The van der Waals surface area contributed by atoms with E-state index in [9.17, 15) is 0 Å². The van der Waals surface area contributed by atoms with Crippen LogP contribution in [-0.2, 0) is 4.43 Å². The van der Waals surface area contributed by atoms with Crippen LogP contribution in [0.15, 0.2) is 35.9 Å². The van der Waals surface area contributed by atoms with Crippen LogP contribution in [0.25, 0.3) is 0 Å². The van der Waals surface area contributed by atoms with Gasteiger partial charge in [0.1, 0.15) is 0 Å². The van der Waals surface area contributed by atoms with Crippen LogP contribution in [0.3, 0.4) is 0 Å². The standard InChI is InChI=1S/C23H40OSi/c1-7-12-14-21(15-13-8-2)23(22-18-16-20(6)17-19-22)24-25(9-3,10-4)11-5/h14,16-19,23H,7-13,15H2,1-6H3/b21-14-. The maximum Gasteiger partial charge on any atom is 0.193 e. The molecular formula is C23H40OSi. The van der Waals surface area contributed by atoms with Gasteiger partial charge in [-0.25, -0.2) is 0 Å². The highest BCUT2D eigenvalue weighted by Crippen LogP contribution is 2.36. The molecule has 0 spiro atoms. The van der Waals surface area contributed by atoms with Crippen molar-refractivity contribution in [1.29, 1.82) is 0 Å². The van der Waals surface area contributed by atoms with Crippen LogP contribution < -0.4 is 0 Å². The van der Waals surface area contributed by atoms with Gasteiger partial charge in [-0.05, 0) is 55.5 Å². The van der Waals surface area contributed by atoms with Crippen molar-refractivity contribution in [3.63, 3.8) is 0 Å². The zero-order valence-corrected chi connectivity index (χ0v) is 18.5. The van der Waals surface area contributed by atoms with Crippen molar-refractivity contribution in [1.82, 2.24) is 0 Å². The van der Waals surface area contributed by atoms with Crippen LogP contribution in [0.2, 0.25) is 18.1 Å². The molecule has 0 heterocycles. The van der Waals surface area contributed by atoms with E-state index in [4.69, 9.17) is 4.43 Å². The van der Waals surface area contributed by atoms with Gasteiger partial charge in [0.05, 0.1) is 6.10 Å².